The van der Waals surface area contributed by atoms with Crippen molar-refractivity contribution in [1.82, 2.24) is 9.47 Å². The number of fused-ring (bicyclic) bond motifs is 1. The molecular weight excluding hydrogens is 352 g/mol. The number of thiophene rings is 1. The summed E-state index contributed by atoms with van der Waals surface area (Å²) in [4.78, 5) is 16.4. The highest BCUT2D eigenvalue weighted by atomic mass is 32.1. The Hall–Kier alpha value is -2.07. The summed E-state index contributed by atoms with van der Waals surface area (Å²) in [5.41, 5.74) is 4.74. The first kappa shape index (κ1) is 18.3. The molecule has 0 aliphatic carbocycles. The Morgan fingerprint density at radius 3 is 2.37 bits per heavy atom. The summed E-state index contributed by atoms with van der Waals surface area (Å²) in [7, 11) is 0. The van der Waals surface area contributed by atoms with Gasteiger partial charge in [-0.05, 0) is 48.4 Å². The minimum Gasteiger partial charge on any atom is -0.337 e. The predicted octanol–water partition coefficient (Wildman–Crippen LogP) is 5.59. The molecule has 3 heterocycles. The molecule has 3 nitrogen and oxygen atoms in total. The lowest BCUT2D eigenvalue weighted by atomic mass is 9.87. The zero-order chi connectivity index (χ0) is 19.2. The molecule has 1 aromatic carbocycles. The standard InChI is InChI=1S/C23H28N2OS/c1-16-13-19-21(27-16)14-20(22(26)24-11-5-6-12-24)25(19)15-17-7-9-18(10-8-17)23(2,3)4/h7-10,13-14H,5-6,11-12,15H2,1-4H3. The van der Waals surface area contributed by atoms with Crippen molar-refractivity contribution in [3.05, 3.63) is 58.1 Å². The Morgan fingerprint density at radius 1 is 1.07 bits per heavy atom. The molecule has 0 atom stereocenters. The normalized spacial score (nSPS) is 15.0. The molecule has 4 rings (SSSR count). The van der Waals surface area contributed by atoms with Crippen molar-refractivity contribution in [3.8, 4) is 0 Å². The SMILES string of the molecule is Cc1cc2c(cc(C(=O)N3CCCC3)n2Cc2ccc(C(C)(C)C)cc2)s1. The number of nitrogens with zero attached hydrogens (tertiary/aromatic N) is 2. The zero-order valence-electron chi connectivity index (χ0n) is 16.7. The third-order valence-electron chi connectivity index (χ3n) is 5.49. The quantitative estimate of drug-likeness (QED) is 0.581. The highest BCUT2D eigenvalue weighted by Gasteiger charge is 2.24. The van der Waals surface area contributed by atoms with Gasteiger partial charge in [0.05, 0.1) is 10.2 Å². The molecule has 1 aliphatic rings. The second-order valence-electron chi connectivity index (χ2n) is 8.67. The second kappa shape index (κ2) is 6.83. The molecule has 142 valence electrons. The van der Waals surface area contributed by atoms with Crippen molar-refractivity contribution >= 4 is 27.5 Å². The highest BCUT2D eigenvalue weighted by molar-refractivity contribution is 7.19. The molecule has 0 N–H and O–H groups in total. The van der Waals surface area contributed by atoms with Gasteiger partial charge in [0.25, 0.3) is 5.91 Å². The summed E-state index contributed by atoms with van der Waals surface area (Å²) >= 11 is 1.77. The fourth-order valence-electron chi connectivity index (χ4n) is 3.89. The smallest absolute Gasteiger partial charge is 0.270 e. The van der Waals surface area contributed by atoms with E-state index in [1.54, 1.807) is 11.3 Å². The van der Waals surface area contributed by atoms with Crippen LogP contribution in [0.2, 0.25) is 0 Å². The maximum Gasteiger partial charge on any atom is 0.270 e. The van der Waals surface area contributed by atoms with Gasteiger partial charge in [-0.15, -0.1) is 11.3 Å². The molecule has 3 aromatic rings. The van der Waals surface area contributed by atoms with E-state index in [2.05, 4.69) is 68.7 Å². The van der Waals surface area contributed by atoms with Gasteiger partial charge in [-0.2, -0.15) is 0 Å². The predicted molar refractivity (Wildman–Crippen MR) is 114 cm³/mol. The first-order chi connectivity index (χ1) is 12.8. The monoisotopic (exact) mass is 380 g/mol. The van der Waals surface area contributed by atoms with Crippen molar-refractivity contribution in [1.29, 1.82) is 0 Å². The molecule has 1 saturated heterocycles. The molecule has 0 saturated carbocycles. The van der Waals surface area contributed by atoms with Gasteiger partial charge in [0, 0.05) is 24.5 Å². The van der Waals surface area contributed by atoms with Crippen LogP contribution in [0.4, 0.5) is 0 Å². The number of hydrogen-bond acceptors (Lipinski definition) is 2. The van der Waals surface area contributed by atoms with Crippen LogP contribution < -0.4 is 0 Å². The van der Waals surface area contributed by atoms with Crippen molar-refractivity contribution in [3.63, 3.8) is 0 Å². The third kappa shape index (κ3) is 3.55. The summed E-state index contributed by atoms with van der Waals surface area (Å²) in [6, 6.07) is 13.2. The lowest BCUT2D eigenvalue weighted by Gasteiger charge is -2.20. The average Bonchev–Trinajstić information content (AvgIpc) is 3.32. The number of carbonyl (C=O) groups excluding carboxylic acids is 1. The Balaban J connectivity index is 1.70. The summed E-state index contributed by atoms with van der Waals surface area (Å²) in [5, 5.41) is 0. The highest BCUT2D eigenvalue weighted by Crippen LogP contribution is 2.31. The molecule has 1 fully saturated rings. The number of aromatic nitrogens is 1. The molecule has 0 radical (unpaired) electrons. The Kier molecular flexibility index (Phi) is 4.63. The van der Waals surface area contributed by atoms with Gasteiger partial charge >= 0.3 is 0 Å². The Bertz CT molecular complexity index is 966. The van der Waals surface area contributed by atoms with Crippen LogP contribution >= 0.6 is 11.3 Å². The Labute approximate surface area is 165 Å². The van der Waals surface area contributed by atoms with E-state index in [9.17, 15) is 4.79 Å². The summed E-state index contributed by atoms with van der Waals surface area (Å²) in [5.74, 6) is 0.180. The van der Waals surface area contributed by atoms with Gasteiger partial charge in [-0.3, -0.25) is 4.79 Å². The number of carbonyl (C=O) groups is 1. The van der Waals surface area contributed by atoms with Gasteiger partial charge in [-0.25, -0.2) is 0 Å². The van der Waals surface area contributed by atoms with Crippen LogP contribution in [0.15, 0.2) is 36.4 Å². The summed E-state index contributed by atoms with van der Waals surface area (Å²) < 4.78 is 3.42. The lowest BCUT2D eigenvalue weighted by Crippen LogP contribution is -2.29. The summed E-state index contributed by atoms with van der Waals surface area (Å²) in [6.07, 6.45) is 2.24. The van der Waals surface area contributed by atoms with Gasteiger partial charge in [0.2, 0.25) is 0 Å². The fourth-order valence-corrected chi connectivity index (χ4v) is 4.85. The van der Waals surface area contributed by atoms with E-state index < -0.39 is 0 Å². The van der Waals surface area contributed by atoms with E-state index in [0.717, 1.165) is 38.2 Å². The van der Waals surface area contributed by atoms with Crippen LogP contribution in [-0.2, 0) is 12.0 Å². The number of rotatable bonds is 3. The van der Waals surface area contributed by atoms with Crippen LogP contribution in [0.5, 0.6) is 0 Å². The van der Waals surface area contributed by atoms with Gasteiger partial charge in [-0.1, -0.05) is 45.0 Å². The minimum absolute atomic E-state index is 0.153. The van der Waals surface area contributed by atoms with E-state index >= 15 is 0 Å². The largest absolute Gasteiger partial charge is 0.337 e. The average molecular weight is 381 g/mol. The molecule has 0 bridgehead atoms. The van der Waals surface area contributed by atoms with Crippen LogP contribution in [0.1, 0.15) is 60.1 Å². The molecule has 2 aromatic heterocycles. The van der Waals surface area contributed by atoms with E-state index in [1.165, 1.54) is 26.2 Å². The Morgan fingerprint density at radius 2 is 1.74 bits per heavy atom. The van der Waals surface area contributed by atoms with E-state index in [0.29, 0.717) is 0 Å². The first-order valence-corrected chi connectivity index (χ1v) is 10.6. The number of benzene rings is 1. The van der Waals surface area contributed by atoms with Crippen molar-refractivity contribution in [2.75, 3.05) is 13.1 Å². The van der Waals surface area contributed by atoms with Crippen molar-refractivity contribution in [2.45, 2.75) is 52.5 Å². The molecule has 1 amide bonds. The lowest BCUT2D eigenvalue weighted by molar-refractivity contribution is 0.0783. The summed E-state index contributed by atoms with van der Waals surface area (Å²) in [6.45, 7) is 11.3. The van der Waals surface area contributed by atoms with Crippen LogP contribution in [-0.4, -0.2) is 28.5 Å². The maximum absolute atomic E-state index is 13.1. The third-order valence-corrected chi connectivity index (χ3v) is 6.47. The molecular formula is C23H28N2OS. The fraction of sp³-hybridized carbons (Fsp3) is 0.435. The molecule has 1 aliphatic heterocycles. The topological polar surface area (TPSA) is 25.2 Å². The molecule has 4 heteroatoms. The van der Waals surface area contributed by atoms with Gasteiger partial charge < -0.3 is 9.47 Å². The van der Waals surface area contributed by atoms with Gasteiger partial charge in [0.1, 0.15) is 5.69 Å². The molecule has 0 unspecified atom stereocenters. The van der Waals surface area contributed by atoms with Crippen LogP contribution in [0, 0.1) is 6.92 Å². The van der Waals surface area contributed by atoms with Crippen LogP contribution in [0.25, 0.3) is 10.2 Å². The van der Waals surface area contributed by atoms with E-state index in [1.807, 2.05) is 4.90 Å². The number of aryl methyl sites for hydroxylation is 1. The van der Waals surface area contributed by atoms with Crippen molar-refractivity contribution in [2.24, 2.45) is 0 Å². The zero-order valence-corrected chi connectivity index (χ0v) is 17.5. The minimum atomic E-state index is 0.153. The number of likely N-dealkylation sites (tertiary alicyclic amines) is 1. The second-order valence-corrected chi connectivity index (χ2v) is 9.96. The van der Waals surface area contributed by atoms with Crippen molar-refractivity contribution < 1.29 is 4.79 Å². The number of amides is 1. The van der Waals surface area contributed by atoms with Gasteiger partial charge in [0.15, 0.2) is 0 Å². The number of hydrogen-bond donors (Lipinski definition) is 0. The first-order valence-electron chi connectivity index (χ1n) is 9.81. The van der Waals surface area contributed by atoms with E-state index in [-0.39, 0.29) is 11.3 Å². The van der Waals surface area contributed by atoms with E-state index in [4.69, 9.17) is 0 Å². The molecule has 0 spiro atoms. The maximum atomic E-state index is 13.1. The molecule has 27 heavy (non-hydrogen) atoms. The van der Waals surface area contributed by atoms with Crippen LogP contribution in [0.3, 0.4) is 0 Å².